The summed E-state index contributed by atoms with van der Waals surface area (Å²) in [4.78, 5) is 147. The number of hydrogen-bond donors (Lipinski definition) is 9. The number of cyclic esters (lactones) is 1. The molecule has 0 saturated heterocycles. The van der Waals surface area contributed by atoms with Crippen LogP contribution in [0.5, 0.6) is 0 Å². The van der Waals surface area contributed by atoms with Crippen molar-refractivity contribution in [1.82, 2.24) is 51.7 Å². The predicted octanol–water partition coefficient (Wildman–Crippen LogP) is -1.41. The second-order valence-electron chi connectivity index (χ2n) is 19.5. The van der Waals surface area contributed by atoms with Gasteiger partial charge in [0.15, 0.2) is 5.60 Å². The first-order chi connectivity index (χ1) is 38.2. The van der Waals surface area contributed by atoms with Gasteiger partial charge in [0.25, 0.3) is 17.4 Å². The summed E-state index contributed by atoms with van der Waals surface area (Å²) >= 11 is 0. The van der Waals surface area contributed by atoms with E-state index in [4.69, 9.17) is 19.6 Å². The number of aliphatic carboxylic acids is 1. The van der Waals surface area contributed by atoms with E-state index in [9.17, 15) is 57.8 Å². The molecular formula is C54H59FN10O15. The van der Waals surface area contributed by atoms with E-state index in [2.05, 4.69) is 37.2 Å². The van der Waals surface area contributed by atoms with E-state index in [-0.39, 0.29) is 56.0 Å². The number of imide groups is 1. The molecule has 4 aromatic rings. The van der Waals surface area contributed by atoms with Gasteiger partial charge in [0.1, 0.15) is 37.3 Å². The minimum atomic E-state index is -2.05. The average molecular weight is 1110 g/mol. The zero-order chi connectivity index (χ0) is 57.6. The van der Waals surface area contributed by atoms with E-state index in [0.29, 0.717) is 51.3 Å². The highest BCUT2D eigenvalue weighted by Crippen LogP contribution is 2.46. The molecule has 0 saturated carbocycles. The average Bonchev–Trinajstić information content (AvgIpc) is 4.17. The maximum absolute atomic E-state index is 15.5. The minimum absolute atomic E-state index is 0.0285. The number of carbonyl (C=O) groups excluding carboxylic acids is 9. The van der Waals surface area contributed by atoms with Crippen molar-refractivity contribution in [3.8, 4) is 11.4 Å². The van der Waals surface area contributed by atoms with Crippen molar-refractivity contribution in [1.29, 1.82) is 0 Å². The van der Waals surface area contributed by atoms with E-state index in [0.717, 1.165) is 28.7 Å². The number of nitrogens with zero attached hydrogens (tertiary/aromatic N) is 3. The van der Waals surface area contributed by atoms with Crippen LogP contribution in [0, 0.1) is 12.7 Å². The first kappa shape index (κ1) is 57.4. The summed E-state index contributed by atoms with van der Waals surface area (Å²) in [7, 11) is 0. The Balaban J connectivity index is 0.840. The molecule has 80 heavy (non-hydrogen) atoms. The topological polar surface area (TPSA) is 352 Å². The standard InChI is InChI=1S/C54H59FN10O15/c1-4-39(51(75)58-18-29-11-12-30-27(3)34(55)17-35-47(30)46(29)31-24-64-37(48(31)63-35)16-33-32(52(64)76)25-79-53(77)54(33,78)5-2)80-26-61-41(67)21-59-49(73)36(15-28-9-7-6-8-10-28)62-42(68)22-57-40(66)20-60-50(74)38(19-56-23-45(71)72)65-43(69)13-14-44(65)70/h6-10,13-14,16-17,29,36,38-39,56,78H,4-5,11-12,15,18-26H2,1-3H3,(H,57,66)(H,58,75)(H,59,73)(H,60,74)(H,61,67)(H,62,68)(H,71,72)/t29-,36+,38+,39-,54+/m1/s1. The highest BCUT2D eigenvalue weighted by molar-refractivity contribution is 6.15. The molecule has 5 atom stereocenters. The molecule has 8 rings (SSSR count). The normalized spacial score (nSPS) is 17.8. The SMILES string of the molecule is CC[C@@H](OCNC(=O)CNC(=O)[C@H](Cc1ccccc1)NC(=O)CNC(=O)CNC(=O)[C@H](CNCC(=O)O)N1C(=O)C=CC1=O)C(=O)NC[C@H]1CCc2c(C)c(F)cc3nc4c(c1c23)Cn1c-4cc2c(c1=O)COC(=O)[C@]2(O)CC. The van der Waals surface area contributed by atoms with Crippen molar-refractivity contribution >= 4 is 70.1 Å². The molecule has 0 spiro atoms. The van der Waals surface area contributed by atoms with Gasteiger partial charge in [-0.05, 0) is 60.9 Å². The monoisotopic (exact) mass is 1110 g/mol. The van der Waals surface area contributed by atoms with E-state index in [1.807, 2.05) is 0 Å². The van der Waals surface area contributed by atoms with E-state index < -0.39 is 134 Å². The third-order valence-corrected chi connectivity index (χ3v) is 14.5. The summed E-state index contributed by atoms with van der Waals surface area (Å²) in [5.74, 6) is -9.16. The number of amides is 8. The Morgan fingerprint density at radius 2 is 1.54 bits per heavy atom. The third kappa shape index (κ3) is 12.1. The first-order valence-corrected chi connectivity index (χ1v) is 25.8. The smallest absolute Gasteiger partial charge is 0.343 e. The number of benzene rings is 2. The number of carboxylic acid groups (broad SMARTS) is 1. The van der Waals surface area contributed by atoms with Gasteiger partial charge >= 0.3 is 11.9 Å². The van der Waals surface area contributed by atoms with Crippen LogP contribution >= 0.6 is 0 Å². The molecule has 3 aliphatic heterocycles. The Morgan fingerprint density at radius 3 is 2.23 bits per heavy atom. The summed E-state index contributed by atoms with van der Waals surface area (Å²) in [5, 5.41) is 38.5. The molecule has 26 heteroatoms. The van der Waals surface area contributed by atoms with Gasteiger partial charge in [0.05, 0.1) is 55.2 Å². The summed E-state index contributed by atoms with van der Waals surface area (Å²) < 4.78 is 28.0. The molecule has 1 aliphatic carbocycles. The highest BCUT2D eigenvalue weighted by atomic mass is 19.1. The maximum atomic E-state index is 15.5. The Labute approximate surface area is 455 Å². The number of pyridine rings is 2. The number of aliphatic hydroxyl groups is 1. The molecule has 2 aromatic carbocycles. The molecule has 8 amide bonds. The van der Waals surface area contributed by atoms with Gasteiger partial charge in [-0.25, -0.2) is 14.2 Å². The second kappa shape index (κ2) is 24.5. The number of fused-ring (bicyclic) bond motifs is 5. The lowest BCUT2D eigenvalue weighted by atomic mass is 9.78. The molecule has 2 aromatic heterocycles. The number of halogens is 1. The predicted molar refractivity (Wildman–Crippen MR) is 278 cm³/mol. The molecule has 25 nitrogen and oxygen atoms in total. The molecule has 0 fully saturated rings. The fraction of sp³-hybridized carbons (Fsp3) is 0.407. The second-order valence-corrected chi connectivity index (χ2v) is 19.5. The molecule has 0 bridgehead atoms. The highest BCUT2D eigenvalue weighted by Gasteiger charge is 2.46. The van der Waals surface area contributed by atoms with E-state index >= 15 is 4.39 Å². The Morgan fingerprint density at radius 1 is 0.850 bits per heavy atom. The zero-order valence-electron chi connectivity index (χ0n) is 43.8. The number of aryl methyl sites for hydroxylation is 1. The lowest BCUT2D eigenvalue weighted by molar-refractivity contribution is -0.172. The fourth-order valence-electron chi connectivity index (χ4n) is 10.3. The van der Waals surface area contributed by atoms with Crippen LogP contribution in [0.15, 0.2) is 59.4 Å². The first-order valence-electron chi connectivity index (χ1n) is 25.8. The molecule has 0 radical (unpaired) electrons. The Hall–Kier alpha value is -8.75. The number of nitrogens with one attached hydrogen (secondary N) is 7. The number of esters is 1. The van der Waals surface area contributed by atoms with Gasteiger partial charge in [-0.1, -0.05) is 44.2 Å². The summed E-state index contributed by atoms with van der Waals surface area (Å²) in [6.45, 7) is 1.51. The largest absolute Gasteiger partial charge is 0.480 e. The number of ether oxygens (including phenoxy) is 2. The number of aromatic nitrogens is 2. The molecule has 4 aliphatic rings. The van der Waals surface area contributed by atoms with Gasteiger partial charge in [-0.15, -0.1) is 0 Å². The summed E-state index contributed by atoms with van der Waals surface area (Å²) in [6, 6.07) is 8.76. The molecular weight excluding hydrogens is 1050 g/mol. The van der Waals surface area contributed by atoms with Crippen LogP contribution in [-0.4, -0.2) is 148 Å². The Bertz CT molecular complexity index is 3290. The third-order valence-electron chi connectivity index (χ3n) is 14.5. The van der Waals surface area contributed by atoms with Crippen LogP contribution in [0.2, 0.25) is 0 Å². The van der Waals surface area contributed by atoms with Gasteiger partial charge in [0.2, 0.25) is 35.4 Å². The van der Waals surface area contributed by atoms with Crippen LogP contribution < -0.4 is 42.8 Å². The molecule has 0 unspecified atom stereocenters. The maximum Gasteiger partial charge on any atom is 0.343 e. The van der Waals surface area contributed by atoms with E-state index in [1.165, 1.54) is 10.6 Å². The minimum Gasteiger partial charge on any atom is -0.480 e. The van der Waals surface area contributed by atoms with Crippen molar-refractivity contribution in [2.45, 2.75) is 95.7 Å². The number of carboxylic acids is 1. The Kier molecular flexibility index (Phi) is 17.6. The molecule has 422 valence electrons. The summed E-state index contributed by atoms with van der Waals surface area (Å²) in [6.07, 6.45) is 1.93. The molecule has 5 heterocycles. The van der Waals surface area contributed by atoms with Gasteiger partial charge in [-0.3, -0.25) is 52.8 Å². The van der Waals surface area contributed by atoms with Gasteiger partial charge < -0.3 is 61.5 Å². The van der Waals surface area contributed by atoms with Crippen molar-refractivity contribution < 1.29 is 72.0 Å². The van der Waals surface area contributed by atoms with Crippen LogP contribution in [0.25, 0.3) is 22.3 Å². The van der Waals surface area contributed by atoms with E-state index in [1.54, 1.807) is 57.2 Å². The van der Waals surface area contributed by atoms with Crippen LogP contribution in [0.4, 0.5) is 4.39 Å². The zero-order valence-corrected chi connectivity index (χ0v) is 43.8. The van der Waals surface area contributed by atoms with Crippen molar-refractivity contribution in [3.05, 3.63) is 110 Å². The number of hydrogen-bond acceptors (Lipinski definition) is 16. The lowest BCUT2D eigenvalue weighted by Crippen LogP contribution is -2.56. The lowest BCUT2D eigenvalue weighted by Gasteiger charge is -2.31. The van der Waals surface area contributed by atoms with Crippen molar-refractivity contribution in [3.63, 3.8) is 0 Å². The van der Waals surface area contributed by atoms with Gasteiger partial charge in [0, 0.05) is 60.2 Å². The fourth-order valence-corrected chi connectivity index (χ4v) is 10.3. The number of carbonyl (C=O) groups is 10. The van der Waals surface area contributed by atoms with Crippen molar-refractivity contribution in [2.75, 3.05) is 46.0 Å². The number of rotatable bonds is 24. The summed E-state index contributed by atoms with van der Waals surface area (Å²) in [5.41, 5.74) is 2.27. The molecule has 9 N–H and O–H groups in total. The van der Waals surface area contributed by atoms with Gasteiger partial charge in [-0.2, -0.15) is 0 Å². The van der Waals surface area contributed by atoms with Crippen LogP contribution in [-0.2, 0) is 89.0 Å². The van der Waals surface area contributed by atoms with Crippen molar-refractivity contribution in [2.24, 2.45) is 0 Å². The quantitative estimate of drug-likeness (QED) is 0.0195. The van der Waals surface area contributed by atoms with Crippen LogP contribution in [0.1, 0.15) is 78.0 Å². The van der Waals surface area contributed by atoms with Crippen LogP contribution in [0.3, 0.4) is 0 Å².